The van der Waals surface area contributed by atoms with Crippen LogP contribution in [0.5, 0.6) is 0 Å². The molecule has 4 rings (SSSR count). The number of benzene rings is 2. The Bertz CT molecular complexity index is 1030. The van der Waals surface area contributed by atoms with Crippen molar-refractivity contribution in [2.24, 2.45) is 0 Å². The molecule has 2 aromatic carbocycles. The summed E-state index contributed by atoms with van der Waals surface area (Å²) >= 11 is 0. The summed E-state index contributed by atoms with van der Waals surface area (Å²) in [5.41, 5.74) is 2.68. The van der Waals surface area contributed by atoms with Crippen molar-refractivity contribution in [2.45, 2.75) is 13.0 Å². The summed E-state index contributed by atoms with van der Waals surface area (Å²) in [5.74, 6) is 0.728. The van der Waals surface area contributed by atoms with Crippen LogP contribution in [0.4, 0.5) is 0 Å². The number of hydrogen-bond acceptors (Lipinski definition) is 3. The van der Waals surface area contributed by atoms with Gasteiger partial charge in [-0.2, -0.15) is 0 Å². The highest BCUT2D eigenvalue weighted by Crippen LogP contribution is 2.15. The molecule has 0 saturated heterocycles. The van der Waals surface area contributed by atoms with Crippen molar-refractivity contribution in [2.75, 3.05) is 6.54 Å². The molecule has 134 valence electrons. The van der Waals surface area contributed by atoms with E-state index >= 15 is 0 Å². The SMILES string of the molecule is O=C(c1cnc2ccccc2c1)N(CCc1ccccc1)Cc1ncc[nH]1. The molecular formula is C22H20N4O. The third-order valence-corrected chi connectivity index (χ3v) is 4.53. The lowest BCUT2D eigenvalue weighted by atomic mass is 10.1. The maximum Gasteiger partial charge on any atom is 0.255 e. The Balaban J connectivity index is 1.58. The number of nitrogens with one attached hydrogen (secondary N) is 1. The number of aromatic amines is 1. The van der Waals surface area contributed by atoms with E-state index in [2.05, 4.69) is 27.1 Å². The number of para-hydroxylation sites is 1. The lowest BCUT2D eigenvalue weighted by molar-refractivity contribution is 0.0741. The van der Waals surface area contributed by atoms with Gasteiger partial charge in [0.15, 0.2) is 0 Å². The molecule has 0 bridgehead atoms. The molecule has 0 atom stereocenters. The van der Waals surface area contributed by atoms with E-state index < -0.39 is 0 Å². The molecule has 0 aliphatic carbocycles. The second-order valence-corrected chi connectivity index (χ2v) is 6.41. The number of nitrogens with zero attached hydrogens (tertiary/aromatic N) is 3. The van der Waals surface area contributed by atoms with Crippen LogP contribution in [0.2, 0.25) is 0 Å². The molecule has 2 aromatic heterocycles. The van der Waals surface area contributed by atoms with Crippen molar-refractivity contribution in [3.05, 3.63) is 96.2 Å². The number of amides is 1. The summed E-state index contributed by atoms with van der Waals surface area (Å²) < 4.78 is 0. The Labute approximate surface area is 157 Å². The minimum atomic E-state index is -0.0411. The van der Waals surface area contributed by atoms with Crippen molar-refractivity contribution in [3.63, 3.8) is 0 Å². The highest BCUT2D eigenvalue weighted by atomic mass is 16.2. The van der Waals surface area contributed by atoms with Gasteiger partial charge < -0.3 is 9.88 Å². The summed E-state index contributed by atoms with van der Waals surface area (Å²) in [6.45, 7) is 1.04. The fourth-order valence-electron chi connectivity index (χ4n) is 3.10. The first-order chi connectivity index (χ1) is 13.3. The molecule has 0 saturated carbocycles. The Kier molecular flexibility index (Phi) is 4.92. The smallest absolute Gasteiger partial charge is 0.255 e. The Hall–Kier alpha value is -3.47. The van der Waals surface area contributed by atoms with Gasteiger partial charge in [-0.1, -0.05) is 48.5 Å². The van der Waals surface area contributed by atoms with Gasteiger partial charge in [-0.05, 0) is 24.1 Å². The second kappa shape index (κ2) is 7.83. The Morgan fingerprint density at radius 3 is 2.63 bits per heavy atom. The lowest BCUT2D eigenvalue weighted by Crippen LogP contribution is -2.33. The van der Waals surface area contributed by atoms with Crippen molar-refractivity contribution in [1.82, 2.24) is 19.9 Å². The topological polar surface area (TPSA) is 61.9 Å². The third kappa shape index (κ3) is 4.03. The van der Waals surface area contributed by atoms with Crippen LogP contribution < -0.4 is 0 Å². The minimum Gasteiger partial charge on any atom is -0.347 e. The normalized spacial score (nSPS) is 10.8. The highest BCUT2D eigenvalue weighted by Gasteiger charge is 2.18. The number of rotatable bonds is 6. The largest absolute Gasteiger partial charge is 0.347 e. The second-order valence-electron chi connectivity index (χ2n) is 6.41. The van der Waals surface area contributed by atoms with Gasteiger partial charge in [-0.25, -0.2) is 4.98 Å². The number of carbonyl (C=O) groups excluding carboxylic acids is 1. The maximum atomic E-state index is 13.2. The van der Waals surface area contributed by atoms with E-state index in [-0.39, 0.29) is 5.91 Å². The molecule has 5 heteroatoms. The first kappa shape index (κ1) is 17.0. The summed E-state index contributed by atoms with van der Waals surface area (Å²) in [7, 11) is 0. The van der Waals surface area contributed by atoms with E-state index in [4.69, 9.17) is 0 Å². The average molecular weight is 356 g/mol. The zero-order valence-corrected chi connectivity index (χ0v) is 14.9. The average Bonchev–Trinajstić information content (AvgIpc) is 3.24. The minimum absolute atomic E-state index is 0.0411. The van der Waals surface area contributed by atoms with E-state index in [9.17, 15) is 4.79 Å². The van der Waals surface area contributed by atoms with Gasteiger partial charge in [0.2, 0.25) is 0 Å². The molecule has 0 fully saturated rings. The van der Waals surface area contributed by atoms with E-state index in [1.54, 1.807) is 18.6 Å². The molecule has 5 nitrogen and oxygen atoms in total. The third-order valence-electron chi connectivity index (χ3n) is 4.53. The standard InChI is InChI=1S/C22H20N4O/c27-22(19-14-18-8-4-5-9-20(18)25-15-19)26(16-21-23-11-12-24-21)13-10-17-6-2-1-3-7-17/h1-9,11-12,14-15H,10,13,16H2,(H,23,24). The van der Waals surface area contributed by atoms with Gasteiger partial charge in [0, 0.05) is 30.5 Å². The molecule has 1 amide bonds. The number of pyridine rings is 1. The number of H-pyrrole nitrogens is 1. The van der Waals surface area contributed by atoms with Gasteiger partial charge in [0.1, 0.15) is 5.82 Å². The number of carbonyl (C=O) groups is 1. The fourth-order valence-corrected chi connectivity index (χ4v) is 3.10. The number of hydrogen-bond donors (Lipinski definition) is 1. The molecule has 2 heterocycles. The molecule has 0 spiro atoms. The number of imidazole rings is 1. The van der Waals surface area contributed by atoms with Crippen LogP contribution in [0.15, 0.2) is 79.3 Å². The predicted octanol–water partition coefficient (Wildman–Crippen LogP) is 3.84. The summed E-state index contributed by atoms with van der Waals surface area (Å²) in [4.78, 5) is 26.8. The van der Waals surface area contributed by atoms with Crippen molar-refractivity contribution < 1.29 is 4.79 Å². The zero-order valence-electron chi connectivity index (χ0n) is 14.9. The lowest BCUT2D eigenvalue weighted by Gasteiger charge is -2.22. The molecule has 0 unspecified atom stereocenters. The Morgan fingerprint density at radius 1 is 1.00 bits per heavy atom. The van der Waals surface area contributed by atoms with Crippen molar-refractivity contribution in [1.29, 1.82) is 0 Å². The van der Waals surface area contributed by atoms with E-state index in [0.717, 1.165) is 23.1 Å². The molecular weight excluding hydrogens is 336 g/mol. The van der Waals surface area contributed by atoms with Crippen molar-refractivity contribution >= 4 is 16.8 Å². The van der Waals surface area contributed by atoms with Crippen LogP contribution in [0.1, 0.15) is 21.7 Å². The molecule has 1 N–H and O–H groups in total. The number of aromatic nitrogens is 3. The Morgan fingerprint density at radius 2 is 1.81 bits per heavy atom. The van der Waals surface area contributed by atoms with Gasteiger partial charge >= 0.3 is 0 Å². The molecule has 0 aliphatic rings. The molecule has 0 radical (unpaired) electrons. The van der Waals surface area contributed by atoms with Crippen LogP contribution in [-0.2, 0) is 13.0 Å². The van der Waals surface area contributed by atoms with Crippen LogP contribution in [-0.4, -0.2) is 32.3 Å². The fraction of sp³-hybridized carbons (Fsp3) is 0.136. The molecule has 27 heavy (non-hydrogen) atoms. The number of fused-ring (bicyclic) bond motifs is 1. The van der Waals surface area contributed by atoms with Gasteiger partial charge in [-0.15, -0.1) is 0 Å². The molecule has 0 aliphatic heterocycles. The highest BCUT2D eigenvalue weighted by molar-refractivity contribution is 5.97. The summed E-state index contributed by atoms with van der Waals surface area (Å²) in [6, 6.07) is 19.9. The van der Waals surface area contributed by atoms with Crippen LogP contribution in [0, 0.1) is 0 Å². The van der Waals surface area contributed by atoms with Gasteiger partial charge in [0.25, 0.3) is 5.91 Å². The first-order valence-corrected chi connectivity index (χ1v) is 8.96. The van der Waals surface area contributed by atoms with Crippen LogP contribution in [0.3, 0.4) is 0 Å². The summed E-state index contributed by atoms with van der Waals surface area (Å²) in [6.07, 6.45) is 5.91. The summed E-state index contributed by atoms with van der Waals surface area (Å²) in [5, 5.41) is 0.962. The van der Waals surface area contributed by atoms with Crippen molar-refractivity contribution in [3.8, 4) is 0 Å². The van der Waals surface area contributed by atoms with E-state index in [0.29, 0.717) is 18.7 Å². The monoisotopic (exact) mass is 356 g/mol. The molecule has 4 aromatic rings. The predicted molar refractivity (Wildman–Crippen MR) is 105 cm³/mol. The van der Waals surface area contributed by atoms with Crippen LogP contribution in [0.25, 0.3) is 10.9 Å². The zero-order chi connectivity index (χ0) is 18.5. The maximum absolute atomic E-state index is 13.2. The van der Waals surface area contributed by atoms with Gasteiger partial charge in [0.05, 0.1) is 17.6 Å². The van der Waals surface area contributed by atoms with E-state index in [1.807, 2.05) is 53.4 Å². The van der Waals surface area contributed by atoms with Gasteiger partial charge in [-0.3, -0.25) is 9.78 Å². The van der Waals surface area contributed by atoms with Crippen LogP contribution >= 0.6 is 0 Å². The van der Waals surface area contributed by atoms with E-state index in [1.165, 1.54) is 5.56 Å². The first-order valence-electron chi connectivity index (χ1n) is 8.96. The quantitative estimate of drug-likeness (QED) is 0.571.